The van der Waals surface area contributed by atoms with Crippen LogP contribution in [0.15, 0.2) is 24.3 Å². The fraction of sp³-hybridized carbons (Fsp3) is 0.533. The Hall–Kier alpha value is -1.53. The molecule has 98 valence electrons. The van der Waals surface area contributed by atoms with Gasteiger partial charge in [0.25, 0.3) is 0 Å². The second-order valence-corrected chi connectivity index (χ2v) is 4.81. The first-order chi connectivity index (χ1) is 8.61. The number of rotatable bonds is 7. The fourth-order valence-electron chi connectivity index (χ4n) is 1.76. The van der Waals surface area contributed by atoms with Crippen LogP contribution in [-0.2, 0) is 6.54 Å². The van der Waals surface area contributed by atoms with Crippen molar-refractivity contribution in [2.75, 3.05) is 13.6 Å². The monoisotopic (exact) mass is 246 g/mol. The Morgan fingerprint density at radius 3 is 2.50 bits per heavy atom. The summed E-state index contributed by atoms with van der Waals surface area (Å²) in [5.74, 6) is 0.917. The minimum absolute atomic E-state index is 0.213. The molecule has 0 N–H and O–H groups in total. The Morgan fingerprint density at radius 1 is 1.28 bits per heavy atom. The molecule has 0 spiro atoms. The second kappa shape index (κ2) is 7.73. The third-order valence-corrected chi connectivity index (χ3v) is 2.58. The van der Waals surface area contributed by atoms with Gasteiger partial charge in [-0.1, -0.05) is 12.1 Å². The summed E-state index contributed by atoms with van der Waals surface area (Å²) in [7, 11) is 2.08. The van der Waals surface area contributed by atoms with E-state index in [4.69, 9.17) is 10.00 Å². The van der Waals surface area contributed by atoms with Crippen LogP contribution in [0.2, 0.25) is 0 Å². The standard InChI is InChI=1S/C15H22N2O/c1-13(2)18-15-8-6-14(7-9-15)12-17(3)11-5-4-10-16/h6-9,13H,4-5,11-12H2,1-3H3. The highest BCUT2D eigenvalue weighted by Crippen LogP contribution is 2.14. The van der Waals surface area contributed by atoms with Crippen molar-refractivity contribution in [3.63, 3.8) is 0 Å². The predicted octanol–water partition coefficient (Wildman–Crippen LogP) is 3.21. The van der Waals surface area contributed by atoms with Crippen LogP contribution in [0, 0.1) is 11.3 Å². The van der Waals surface area contributed by atoms with Gasteiger partial charge in [0.2, 0.25) is 0 Å². The van der Waals surface area contributed by atoms with Crippen molar-refractivity contribution < 1.29 is 4.74 Å². The molecule has 0 radical (unpaired) electrons. The maximum absolute atomic E-state index is 8.49. The molecule has 18 heavy (non-hydrogen) atoms. The van der Waals surface area contributed by atoms with E-state index in [2.05, 4.69) is 30.1 Å². The molecule has 1 aromatic carbocycles. The average Bonchev–Trinajstić information content (AvgIpc) is 2.31. The molecule has 0 heterocycles. The van der Waals surface area contributed by atoms with Crippen molar-refractivity contribution in [3.8, 4) is 11.8 Å². The minimum Gasteiger partial charge on any atom is -0.491 e. The van der Waals surface area contributed by atoms with Crippen molar-refractivity contribution in [3.05, 3.63) is 29.8 Å². The van der Waals surface area contributed by atoms with Crippen molar-refractivity contribution in [2.24, 2.45) is 0 Å². The molecule has 3 heteroatoms. The first-order valence-corrected chi connectivity index (χ1v) is 6.43. The van der Waals surface area contributed by atoms with E-state index in [1.807, 2.05) is 26.0 Å². The van der Waals surface area contributed by atoms with Crippen molar-refractivity contribution >= 4 is 0 Å². The lowest BCUT2D eigenvalue weighted by molar-refractivity contribution is 0.242. The molecule has 1 rings (SSSR count). The van der Waals surface area contributed by atoms with E-state index < -0.39 is 0 Å². The van der Waals surface area contributed by atoms with Gasteiger partial charge in [0.1, 0.15) is 5.75 Å². The molecule has 0 fully saturated rings. The van der Waals surface area contributed by atoms with E-state index in [-0.39, 0.29) is 6.10 Å². The van der Waals surface area contributed by atoms with Gasteiger partial charge in [-0.05, 0) is 51.6 Å². The van der Waals surface area contributed by atoms with Gasteiger partial charge >= 0.3 is 0 Å². The average molecular weight is 246 g/mol. The summed E-state index contributed by atoms with van der Waals surface area (Å²) in [6.07, 6.45) is 1.78. The molecule has 0 saturated heterocycles. The second-order valence-electron chi connectivity index (χ2n) is 4.81. The van der Waals surface area contributed by atoms with E-state index in [1.165, 1.54) is 5.56 Å². The number of unbranched alkanes of at least 4 members (excludes halogenated alkanes) is 1. The lowest BCUT2D eigenvalue weighted by Gasteiger charge is -2.16. The van der Waals surface area contributed by atoms with Crippen LogP contribution in [0.3, 0.4) is 0 Å². The minimum atomic E-state index is 0.213. The van der Waals surface area contributed by atoms with Crippen molar-refractivity contribution in [2.45, 2.75) is 39.3 Å². The van der Waals surface area contributed by atoms with Crippen LogP contribution in [0.4, 0.5) is 0 Å². The number of nitriles is 1. The third-order valence-electron chi connectivity index (χ3n) is 2.58. The fourth-order valence-corrected chi connectivity index (χ4v) is 1.76. The molecular weight excluding hydrogens is 224 g/mol. The van der Waals surface area contributed by atoms with Crippen LogP contribution < -0.4 is 4.74 Å². The van der Waals surface area contributed by atoms with Crippen molar-refractivity contribution in [1.29, 1.82) is 5.26 Å². The van der Waals surface area contributed by atoms with E-state index in [0.29, 0.717) is 6.42 Å². The molecule has 0 unspecified atom stereocenters. The molecule has 0 aliphatic heterocycles. The van der Waals surface area contributed by atoms with Gasteiger partial charge in [-0.3, -0.25) is 0 Å². The van der Waals surface area contributed by atoms with Crippen LogP contribution in [0.25, 0.3) is 0 Å². The third kappa shape index (κ3) is 5.70. The maximum Gasteiger partial charge on any atom is 0.119 e. The highest BCUT2D eigenvalue weighted by Gasteiger charge is 2.01. The van der Waals surface area contributed by atoms with Gasteiger partial charge in [0.15, 0.2) is 0 Å². The first-order valence-electron chi connectivity index (χ1n) is 6.43. The molecule has 0 amide bonds. The molecule has 0 aromatic heterocycles. The molecule has 0 bridgehead atoms. The Balaban J connectivity index is 2.41. The summed E-state index contributed by atoms with van der Waals surface area (Å²) >= 11 is 0. The molecular formula is C15H22N2O. The zero-order valence-corrected chi connectivity index (χ0v) is 11.5. The Morgan fingerprint density at radius 2 is 1.94 bits per heavy atom. The number of benzene rings is 1. The van der Waals surface area contributed by atoms with Crippen LogP contribution in [-0.4, -0.2) is 24.6 Å². The van der Waals surface area contributed by atoms with Gasteiger partial charge in [0.05, 0.1) is 12.2 Å². The first kappa shape index (κ1) is 14.5. The quantitative estimate of drug-likeness (QED) is 0.693. The van der Waals surface area contributed by atoms with E-state index >= 15 is 0 Å². The largest absolute Gasteiger partial charge is 0.491 e. The number of hydrogen-bond donors (Lipinski definition) is 0. The number of nitrogens with zero attached hydrogens (tertiary/aromatic N) is 2. The van der Waals surface area contributed by atoms with Crippen LogP contribution in [0.1, 0.15) is 32.3 Å². The van der Waals surface area contributed by atoms with Gasteiger partial charge in [-0.2, -0.15) is 5.26 Å². The number of hydrogen-bond acceptors (Lipinski definition) is 3. The predicted molar refractivity (Wildman–Crippen MR) is 73.4 cm³/mol. The summed E-state index contributed by atoms with van der Waals surface area (Å²) in [5, 5.41) is 8.49. The highest BCUT2D eigenvalue weighted by molar-refractivity contribution is 5.27. The molecule has 0 aliphatic carbocycles. The van der Waals surface area contributed by atoms with Gasteiger partial charge in [-0.25, -0.2) is 0 Å². The summed E-state index contributed by atoms with van der Waals surface area (Å²) in [6, 6.07) is 10.4. The molecule has 0 aliphatic rings. The van der Waals surface area contributed by atoms with E-state index in [0.717, 1.165) is 25.3 Å². The summed E-state index contributed by atoms with van der Waals surface area (Å²) in [5.41, 5.74) is 1.27. The summed E-state index contributed by atoms with van der Waals surface area (Å²) in [4.78, 5) is 2.23. The lowest BCUT2D eigenvalue weighted by Crippen LogP contribution is -2.18. The number of ether oxygens (including phenoxy) is 1. The zero-order valence-electron chi connectivity index (χ0n) is 11.5. The van der Waals surface area contributed by atoms with Crippen LogP contribution in [0.5, 0.6) is 5.75 Å². The normalized spacial score (nSPS) is 10.7. The lowest BCUT2D eigenvalue weighted by atomic mass is 10.2. The highest BCUT2D eigenvalue weighted by atomic mass is 16.5. The van der Waals surface area contributed by atoms with E-state index in [1.54, 1.807) is 0 Å². The van der Waals surface area contributed by atoms with Crippen molar-refractivity contribution in [1.82, 2.24) is 4.90 Å². The van der Waals surface area contributed by atoms with E-state index in [9.17, 15) is 0 Å². The Kier molecular flexibility index (Phi) is 6.24. The zero-order chi connectivity index (χ0) is 13.4. The molecule has 1 aromatic rings. The molecule has 0 saturated carbocycles. The smallest absolute Gasteiger partial charge is 0.119 e. The molecule has 0 atom stereocenters. The van der Waals surface area contributed by atoms with Gasteiger partial charge in [0, 0.05) is 13.0 Å². The topological polar surface area (TPSA) is 36.3 Å². The summed E-state index contributed by atoms with van der Waals surface area (Å²) < 4.78 is 5.60. The van der Waals surface area contributed by atoms with Crippen LogP contribution >= 0.6 is 0 Å². The van der Waals surface area contributed by atoms with Gasteiger partial charge in [-0.15, -0.1) is 0 Å². The SMILES string of the molecule is CC(C)Oc1ccc(CN(C)CCCC#N)cc1. The van der Waals surface area contributed by atoms with Gasteiger partial charge < -0.3 is 9.64 Å². The maximum atomic E-state index is 8.49. The Bertz CT molecular complexity index is 378. The molecule has 3 nitrogen and oxygen atoms in total. The Labute approximate surface area is 110 Å². The summed E-state index contributed by atoms with van der Waals surface area (Å²) in [6.45, 7) is 5.92.